The maximum absolute atomic E-state index is 14.6. The zero-order chi connectivity index (χ0) is 30.2. The van der Waals surface area contributed by atoms with E-state index in [1.165, 1.54) is 9.80 Å². The molecule has 0 aliphatic carbocycles. The molecule has 0 aromatic heterocycles. The zero-order valence-electron chi connectivity index (χ0n) is 24.1. The molecule has 2 saturated heterocycles. The van der Waals surface area contributed by atoms with Gasteiger partial charge in [-0.05, 0) is 31.4 Å². The molecule has 4 heterocycles. The fourth-order valence-corrected chi connectivity index (χ4v) is 6.90. The summed E-state index contributed by atoms with van der Waals surface area (Å²) in [5, 5.41) is 13.7. The summed E-state index contributed by atoms with van der Waals surface area (Å²) in [6.45, 7) is 5.50. The summed E-state index contributed by atoms with van der Waals surface area (Å²) in [6.07, 6.45) is 6.77. The molecule has 3 amide bonds. The highest BCUT2D eigenvalue weighted by Gasteiger charge is 2.72. The van der Waals surface area contributed by atoms with Crippen LogP contribution in [0.15, 0.2) is 48.6 Å². The summed E-state index contributed by atoms with van der Waals surface area (Å²) >= 11 is 6.52. The molecule has 1 spiro atoms. The Hall–Kier alpha value is -3.21. The van der Waals surface area contributed by atoms with Crippen molar-refractivity contribution >= 4 is 41.0 Å². The lowest BCUT2D eigenvalue weighted by Gasteiger charge is -2.40. The molecule has 8 atom stereocenters. The van der Waals surface area contributed by atoms with Crippen molar-refractivity contribution in [3.05, 3.63) is 53.6 Å². The van der Waals surface area contributed by atoms with Crippen LogP contribution in [-0.4, -0.2) is 83.3 Å². The number of aliphatic hydroxyl groups is 1. The Morgan fingerprint density at radius 1 is 1.17 bits per heavy atom. The summed E-state index contributed by atoms with van der Waals surface area (Å²) < 4.78 is 12.4. The van der Waals surface area contributed by atoms with E-state index in [4.69, 9.17) is 21.1 Å². The average Bonchev–Trinajstić information content (AvgIpc) is 3.35. The average molecular weight is 600 g/mol. The van der Waals surface area contributed by atoms with Crippen LogP contribution in [0.25, 0.3) is 0 Å². The van der Waals surface area contributed by atoms with Gasteiger partial charge in [0.2, 0.25) is 11.8 Å². The van der Waals surface area contributed by atoms with Gasteiger partial charge in [0, 0.05) is 13.0 Å². The van der Waals surface area contributed by atoms with Crippen LogP contribution in [0, 0.1) is 17.8 Å². The van der Waals surface area contributed by atoms with Gasteiger partial charge in [-0.25, -0.2) is 0 Å². The van der Waals surface area contributed by atoms with Crippen molar-refractivity contribution in [1.82, 2.24) is 10.2 Å². The number of anilines is 1. The number of amides is 3. The third-order valence-electron chi connectivity index (χ3n) is 8.96. The molecule has 11 heteroatoms. The van der Waals surface area contributed by atoms with E-state index in [1.807, 2.05) is 13.8 Å². The number of rotatable bonds is 5. The lowest BCUT2D eigenvalue weighted by molar-refractivity contribution is -0.159. The first-order chi connectivity index (χ1) is 20.1. The molecule has 2 fully saturated rings. The van der Waals surface area contributed by atoms with Gasteiger partial charge < -0.3 is 29.7 Å². The Kier molecular flexibility index (Phi) is 8.78. The molecule has 4 aliphatic heterocycles. The highest BCUT2D eigenvalue weighted by Crippen LogP contribution is 2.54. The third-order valence-corrected chi connectivity index (χ3v) is 9.28. The van der Waals surface area contributed by atoms with Crippen molar-refractivity contribution in [2.45, 2.75) is 69.9 Å². The van der Waals surface area contributed by atoms with E-state index in [-0.39, 0.29) is 37.9 Å². The molecule has 0 bridgehead atoms. The number of para-hydroxylation sites is 1. The van der Waals surface area contributed by atoms with E-state index < -0.39 is 59.5 Å². The van der Waals surface area contributed by atoms with Crippen molar-refractivity contribution in [1.29, 1.82) is 0 Å². The summed E-state index contributed by atoms with van der Waals surface area (Å²) in [5.74, 6) is -3.91. The standard InChI is InChI=1S/C31H38ClN3O7/c1-4-18(2)22(17-36)35-27-29(39)34(21-11-6-5-10-20(21)32)15-9-14-31(27)26(28(35)38)25-23(42-31)12-7-8-13-24(37)33-16-19(3)41-30(25)40/h5-7,9-12,14,18-19,22-23,25-27,36H,4,8,13,15-17H2,1-3H3,(H,33,37)/b12-7-/t18-,19-,22-,23-,25+,26+,27-,31+/m0/s1. The smallest absolute Gasteiger partial charge is 0.313 e. The molecule has 0 radical (unpaired) electrons. The van der Waals surface area contributed by atoms with Gasteiger partial charge in [0.1, 0.15) is 23.7 Å². The van der Waals surface area contributed by atoms with Crippen molar-refractivity contribution in [3.8, 4) is 0 Å². The predicted molar refractivity (Wildman–Crippen MR) is 155 cm³/mol. The first-order valence-corrected chi connectivity index (χ1v) is 15.0. The van der Waals surface area contributed by atoms with Gasteiger partial charge in [0.25, 0.3) is 5.91 Å². The van der Waals surface area contributed by atoms with Crippen LogP contribution < -0.4 is 10.2 Å². The van der Waals surface area contributed by atoms with Gasteiger partial charge in [-0.1, -0.05) is 68.3 Å². The number of fused-ring (bicyclic) bond motifs is 2. The number of aliphatic hydroxyl groups excluding tert-OH is 1. The molecule has 5 rings (SSSR count). The second-order valence-electron chi connectivity index (χ2n) is 11.5. The summed E-state index contributed by atoms with van der Waals surface area (Å²) in [6, 6.07) is 5.13. The highest BCUT2D eigenvalue weighted by atomic mass is 35.5. The number of hydrogen-bond acceptors (Lipinski definition) is 7. The van der Waals surface area contributed by atoms with Crippen LogP contribution >= 0.6 is 11.6 Å². The Labute approximate surface area is 250 Å². The molecule has 4 aliphatic rings. The van der Waals surface area contributed by atoms with Crippen LogP contribution in [0.3, 0.4) is 0 Å². The summed E-state index contributed by atoms with van der Waals surface area (Å²) in [7, 11) is 0. The summed E-state index contributed by atoms with van der Waals surface area (Å²) in [4.78, 5) is 58.1. The van der Waals surface area contributed by atoms with E-state index in [2.05, 4.69) is 5.32 Å². The molecule has 2 N–H and O–H groups in total. The minimum absolute atomic E-state index is 0.136. The maximum Gasteiger partial charge on any atom is 0.313 e. The molecular formula is C31H38ClN3O7. The van der Waals surface area contributed by atoms with Gasteiger partial charge >= 0.3 is 5.97 Å². The second-order valence-corrected chi connectivity index (χ2v) is 12.0. The van der Waals surface area contributed by atoms with Crippen LogP contribution in [-0.2, 0) is 28.7 Å². The van der Waals surface area contributed by atoms with E-state index in [1.54, 1.807) is 55.5 Å². The summed E-state index contributed by atoms with van der Waals surface area (Å²) in [5.41, 5.74) is -1.01. The van der Waals surface area contributed by atoms with Crippen LogP contribution in [0.4, 0.5) is 5.69 Å². The lowest BCUT2D eigenvalue weighted by Crippen LogP contribution is -2.59. The lowest BCUT2D eigenvalue weighted by atomic mass is 9.78. The number of halogens is 1. The van der Waals surface area contributed by atoms with E-state index in [0.29, 0.717) is 23.6 Å². The maximum atomic E-state index is 14.6. The number of carbonyl (C=O) groups excluding carboxylic acids is 4. The highest BCUT2D eigenvalue weighted by molar-refractivity contribution is 6.34. The zero-order valence-corrected chi connectivity index (χ0v) is 24.8. The first-order valence-electron chi connectivity index (χ1n) is 14.6. The van der Waals surface area contributed by atoms with Crippen molar-refractivity contribution in [2.75, 3.05) is 24.6 Å². The molecule has 226 valence electrons. The van der Waals surface area contributed by atoms with Crippen LogP contribution in [0.2, 0.25) is 5.02 Å². The molecule has 10 nitrogen and oxygen atoms in total. The van der Waals surface area contributed by atoms with Crippen molar-refractivity contribution < 1.29 is 33.8 Å². The predicted octanol–water partition coefficient (Wildman–Crippen LogP) is 2.63. The number of allylic oxidation sites excluding steroid dienone is 1. The Bertz CT molecular complexity index is 1300. The second kappa shape index (κ2) is 12.2. The minimum Gasteiger partial charge on any atom is -0.460 e. The van der Waals surface area contributed by atoms with E-state index >= 15 is 0 Å². The molecule has 0 saturated carbocycles. The monoisotopic (exact) mass is 599 g/mol. The molecular weight excluding hydrogens is 562 g/mol. The number of likely N-dealkylation sites (tertiary alicyclic amines) is 1. The third kappa shape index (κ3) is 5.14. The molecule has 1 aromatic rings. The minimum atomic E-state index is -1.50. The topological polar surface area (TPSA) is 125 Å². The molecule has 0 unspecified atom stereocenters. The number of cyclic esters (lactones) is 1. The fourth-order valence-electron chi connectivity index (χ4n) is 6.66. The van der Waals surface area contributed by atoms with Crippen LogP contribution in [0.1, 0.15) is 40.0 Å². The number of ether oxygens (including phenoxy) is 2. The van der Waals surface area contributed by atoms with Crippen LogP contribution in [0.5, 0.6) is 0 Å². The van der Waals surface area contributed by atoms with Crippen molar-refractivity contribution in [3.63, 3.8) is 0 Å². The number of benzene rings is 1. The molecule has 1 aromatic carbocycles. The van der Waals surface area contributed by atoms with Gasteiger partial charge in [0.15, 0.2) is 0 Å². The SMILES string of the molecule is CC[C@H](C)[C@H](CO)N1C(=O)[C@H]2[C@@H]3C(=O)O[C@@H](C)CNC(=O)CC/C=C\[C@@H]3O[C@]23C=CCN(c2ccccc2Cl)C(=O)[C@H]13. The van der Waals surface area contributed by atoms with E-state index in [9.17, 15) is 24.3 Å². The normalized spacial score (nSPS) is 33.8. The largest absolute Gasteiger partial charge is 0.460 e. The number of hydrogen-bond donors (Lipinski definition) is 2. The number of nitrogens with one attached hydrogen (secondary N) is 1. The Morgan fingerprint density at radius 3 is 2.64 bits per heavy atom. The number of carbonyl (C=O) groups is 4. The first kappa shape index (κ1) is 30.3. The number of esters is 1. The Balaban J connectivity index is 1.65. The van der Waals surface area contributed by atoms with Gasteiger partial charge in [0.05, 0.1) is 41.9 Å². The van der Waals surface area contributed by atoms with Crippen molar-refractivity contribution in [2.24, 2.45) is 17.8 Å². The number of nitrogens with zero attached hydrogens (tertiary/aromatic N) is 2. The van der Waals surface area contributed by atoms with Gasteiger partial charge in [-0.2, -0.15) is 0 Å². The van der Waals surface area contributed by atoms with Gasteiger partial charge in [-0.15, -0.1) is 0 Å². The Morgan fingerprint density at radius 2 is 1.93 bits per heavy atom. The van der Waals surface area contributed by atoms with E-state index in [0.717, 1.165) is 0 Å². The quantitative estimate of drug-likeness (QED) is 0.394. The fraction of sp³-hybridized carbons (Fsp3) is 0.548. The van der Waals surface area contributed by atoms with Gasteiger partial charge in [-0.3, -0.25) is 19.2 Å². The molecule has 42 heavy (non-hydrogen) atoms.